The van der Waals surface area contributed by atoms with Crippen molar-refractivity contribution in [2.45, 2.75) is 18.9 Å². The summed E-state index contributed by atoms with van der Waals surface area (Å²) in [6, 6.07) is 13.2. The maximum Gasteiger partial charge on any atom is 0.253 e. The average molecular weight is 390 g/mol. The summed E-state index contributed by atoms with van der Waals surface area (Å²) in [4.78, 5) is 34.9. The lowest BCUT2D eigenvalue weighted by Gasteiger charge is -2.13. The first-order valence-electron chi connectivity index (χ1n) is 8.25. The van der Waals surface area contributed by atoms with Gasteiger partial charge in [0.15, 0.2) is 0 Å². The molecule has 0 saturated heterocycles. The van der Waals surface area contributed by atoms with Crippen molar-refractivity contribution in [3.8, 4) is 0 Å². The van der Waals surface area contributed by atoms with E-state index in [-0.39, 0.29) is 19.4 Å². The molecule has 7 nitrogen and oxygen atoms in total. The molecule has 27 heavy (non-hydrogen) atoms. The molecule has 8 heteroatoms. The molecule has 2 aromatic rings. The van der Waals surface area contributed by atoms with Gasteiger partial charge in [-0.15, -0.1) is 0 Å². The van der Waals surface area contributed by atoms with Crippen LogP contribution in [-0.4, -0.2) is 35.5 Å². The molecular weight excluding hydrogens is 370 g/mol. The smallest absolute Gasteiger partial charge is 0.253 e. The van der Waals surface area contributed by atoms with E-state index in [1.807, 2.05) is 0 Å². The van der Waals surface area contributed by atoms with Crippen molar-refractivity contribution in [1.29, 1.82) is 0 Å². The number of benzene rings is 2. The molecule has 0 spiro atoms. The average Bonchev–Trinajstić information content (AvgIpc) is 2.63. The van der Waals surface area contributed by atoms with E-state index in [4.69, 9.17) is 17.3 Å². The Bertz CT molecular complexity index is 841. The van der Waals surface area contributed by atoms with Crippen LogP contribution in [0.5, 0.6) is 0 Å². The zero-order valence-electron chi connectivity index (χ0n) is 14.4. The van der Waals surface area contributed by atoms with Gasteiger partial charge in [0.1, 0.15) is 6.10 Å². The number of anilines is 1. The minimum atomic E-state index is -1.29. The number of hydrogen-bond donors (Lipinski definition) is 4. The molecule has 0 radical (unpaired) electrons. The normalized spacial score (nSPS) is 11.5. The molecule has 0 aliphatic rings. The van der Waals surface area contributed by atoms with E-state index in [2.05, 4.69) is 10.6 Å². The van der Waals surface area contributed by atoms with Crippen LogP contribution in [0.2, 0.25) is 5.02 Å². The van der Waals surface area contributed by atoms with Gasteiger partial charge < -0.3 is 21.5 Å². The Kier molecular flexibility index (Phi) is 7.34. The second kappa shape index (κ2) is 9.70. The van der Waals surface area contributed by atoms with E-state index in [0.717, 1.165) is 0 Å². The lowest BCUT2D eigenvalue weighted by atomic mass is 10.1. The number of rotatable bonds is 8. The molecule has 0 aliphatic heterocycles. The Labute approximate surface area is 161 Å². The number of aliphatic hydroxyl groups excluding tert-OH is 1. The van der Waals surface area contributed by atoms with Gasteiger partial charge in [-0.3, -0.25) is 14.4 Å². The van der Waals surface area contributed by atoms with E-state index >= 15 is 0 Å². The molecule has 2 aromatic carbocycles. The molecule has 142 valence electrons. The van der Waals surface area contributed by atoms with Crippen LogP contribution in [0.15, 0.2) is 48.5 Å². The van der Waals surface area contributed by atoms with Gasteiger partial charge in [-0.25, -0.2) is 0 Å². The molecule has 0 aliphatic carbocycles. The van der Waals surface area contributed by atoms with Crippen molar-refractivity contribution in [1.82, 2.24) is 5.32 Å². The van der Waals surface area contributed by atoms with Crippen molar-refractivity contribution < 1.29 is 19.5 Å². The van der Waals surface area contributed by atoms with Gasteiger partial charge in [0.05, 0.1) is 0 Å². The molecule has 0 heterocycles. The number of halogens is 1. The summed E-state index contributed by atoms with van der Waals surface area (Å²) in [5.74, 6) is -1.52. The molecule has 5 N–H and O–H groups in total. The predicted octanol–water partition coefficient (Wildman–Crippen LogP) is 1.49. The van der Waals surface area contributed by atoms with Crippen LogP contribution in [0.3, 0.4) is 0 Å². The number of carbonyl (C=O) groups excluding carboxylic acids is 3. The lowest BCUT2D eigenvalue weighted by Crippen LogP contribution is -2.30. The number of amides is 3. The highest BCUT2D eigenvalue weighted by Crippen LogP contribution is 2.17. The van der Waals surface area contributed by atoms with E-state index in [1.54, 1.807) is 42.5 Å². The highest BCUT2D eigenvalue weighted by molar-refractivity contribution is 6.31. The predicted molar refractivity (Wildman–Crippen MR) is 102 cm³/mol. The number of hydrogen-bond acceptors (Lipinski definition) is 4. The molecule has 1 unspecified atom stereocenters. The zero-order chi connectivity index (χ0) is 19.8. The van der Waals surface area contributed by atoms with Crippen LogP contribution in [0, 0.1) is 0 Å². The van der Waals surface area contributed by atoms with E-state index < -0.39 is 23.8 Å². The SMILES string of the molecule is NC(=O)CCNC(=O)c1cccc(NC(=O)C(O)Cc2ccccc2Cl)c1. The molecule has 2 rings (SSSR count). The Morgan fingerprint density at radius 3 is 2.56 bits per heavy atom. The minimum absolute atomic E-state index is 0.0381. The first kappa shape index (κ1) is 20.4. The quantitative estimate of drug-likeness (QED) is 0.546. The maximum atomic E-state index is 12.2. The van der Waals surface area contributed by atoms with Gasteiger partial charge in [-0.2, -0.15) is 0 Å². The Morgan fingerprint density at radius 1 is 1.11 bits per heavy atom. The summed E-state index contributed by atoms with van der Waals surface area (Å²) in [6.45, 7) is 0.126. The fourth-order valence-corrected chi connectivity index (χ4v) is 2.54. The molecule has 0 bridgehead atoms. The van der Waals surface area contributed by atoms with Crippen molar-refractivity contribution in [2.24, 2.45) is 5.73 Å². The van der Waals surface area contributed by atoms with E-state index in [9.17, 15) is 19.5 Å². The number of aliphatic hydroxyl groups is 1. The van der Waals surface area contributed by atoms with Crippen molar-refractivity contribution in [3.05, 3.63) is 64.7 Å². The van der Waals surface area contributed by atoms with Crippen molar-refractivity contribution >= 4 is 35.0 Å². The monoisotopic (exact) mass is 389 g/mol. The summed E-state index contributed by atoms with van der Waals surface area (Å²) < 4.78 is 0. The minimum Gasteiger partial charge on any atom is -0.383 e. The topological polar surface area (TPSA) is 122 Å². The third-order valence-electron chi connectivity index (χ3n) is 3.72. The van der Waals surface area contributed by atoms with Gasteiger partial charge in [0.25, 0.3) is 11.8 Å². The van der Waals surface area contributed by atoms with Crippen molar-refractivity contribution in [2.75, 3.05) is 11.9 Å². The second-order valence-electron chi connectivity index (χ2n) is 5.85. The van der Waals surface area contributed by atoms with Crippen LogP contribution >= 0.6 is 11.6 Å². The van der Waals surface area contributed by atoms with Gasteiger partial charge >= 0.3 is 0 Å². The lowest BCUT2D eigenvalue weighted by molar-refractivity contribution is -0.124. The molecule has 3 amide bonds. The van der Waals surface area contributed by atoms with Gasteiger partial charge in [0.2, 0.25) is 5.91 Å². The third kappa shape index (κ3) is 6.40. The van der Waals surface area contributed by atoms with Gasteiger partial charge in [0, 0.05) is 35.7 Å². The Balaban J connectivity index is 1.96. The highest BCUT2D eigenvalue weighted by Gasteiger charge is 2.17. The fraction of sp³-hybridized carbons (Fsp3) is 0.211. The van der Waals surface area contributed by atoms with E-state index in [0.29, 0.717) is 21.8 Å². The number of nitrogens with one attached hydrogen (secondary N) is 2. The van der Waals surface area contributed by atoms with Crippen LogP contribution < -0.4 is 16.4 Å². The summed E-state index contributed by atoms with van der Waals surface area (Å²) in [6.07, 6.45) is -1.19. The third-order valence-corrected chi connectivity index (χ3v) is 4.09. The van der Waals surface area contributed by atoms with Crippen LogP contribution in [0.4, 0.5) is 5.69 Å². The van der Waals surface area contributed by atoms with Crippen LogP contribution in [0.1, 0.15) is 22.3 Å². The first-order valence-corrected chi connectivity index (χ1v) is 8.63. The van der Waals surface area contributed by atoms with E-state index in [1.165, 1.54) is 6.07 Å². The standard InChI is InChI=1S/C19H20ClN3O4/c20-15-7-2-1-4-12(15)11-16(24)19(27)23-14-6-3-5-13(10-14)18(26)22-9-8-17(21)25/h1-7,10,16,24H,8-9,11H2,(H2,21,25)(H,22,26)(H,23,27). The summed E-state index contributed by atoms with van der Waals surface area (Å²) in [7, 11) is 0. The zero-order valence-corrected chi connectivity index (χ0v) is 15.2. The number of nitrogens with two attached hydrogens (primary N) is 1. The molecule has 0 saturated carbocycles. The molecular formula is C19H20ClN3O4. The Hall–Kier alpha value is -2.90. The summed E-state index contributed by atoms with van der Waals surface area (Å²) in [5.41, 5.74) is 6.34. The number of carbonyl (C=O) groups is 3. The molecule has 0 fully saturated rings. The highest BCUT2D eigenvalue weighted by atomic mass is 35.5. The second-order valence-corrected chi connectivity index (χ2v) is 6.26. The number of primary amides is 1. The molecule has 1 atom stereocenters. The van der Waals surface area contributed by atoms with Gasteiger partial charge in [-0.1, -0.05) is 35.9 Å². The van der Waals surface area contributed by atoms with Crippen LogP contribution in [0.25, 0.3) is 0 Å². The molecule has 0 aromatic heterocycles. The largest absolute Gasteiger partial charge is 0.383 e. The van der Waals surface area contributed by atoms with Crippen LogP contribution in [-0.2, 0) is 16.0 Å². The maximum absolute atomic E-state index is 12.2. The van der Waals surface area contributed by atoms with Gasteiger partial charge in [-0.05, 0) is 29.8 Å². The van der Waals surface area contributed by atoms with Crippen molar-refractivity contribution in [3.63, 3.8) is 0 Å². The first-order chi connectivity index (χ1) is 12.9. The Morgan fingerprint density at radius 2 is 1.85 bits per heavy atom. The summed E-state index contributed by atoms with van der Waals surface area (Å²) in [5, 5.41) is 15.7. The fourth-order valence-electron chi connectivity index (χ4n) is 2.33. The summed E-state index contributed by atoms with van der Waals surface area (Å²) >= 11 is 6.03.